The molecule has 3 unspecified atom stereocenters. The van der Waals surface area contributed by atoms with Crippen molar-refractivity contribution in [1.29, 1.82) is 0 Å². The maximum Gasteiger partial charge on any atom is 0.228 e. The number of nitrogens with zero attached hydrogens (tertiary/aromatic N) is 1. The van der Waals surface area contributed by atoms with Gasteiger partial charge in [0.05, 0.1) is 11.3 Å². The van der Waals surface area contributed by atoms with E-state index in [9.17, 15) is 9.59 Å². The first-order valence-electron chi connectivity index (χ1n) is 11.1. The van der Waals surface area contributed by atoms with Crippen LogP contribution in [-0.2, 0) is 16.0 Å². The van der Waals surface area contributed by atoms with Crippen molar-refractivity contribution in [1.82, 2.24) is 21.1 Å². The molecular weight excluding hydrogens is 408 g/mol. The lowest BCUT2D eigenvalue weighted by molar-refractivity contribution is -0.136. The van der Waals surface area contributed by atoms with Gasteiger partial charge in [0.2, 0.25) is 11.8 Å². The Balaban J connectivity index is 1.53. The lowest BCUT2D eigenvalue weighted by Crippen LogP contribution is -2.48. The van der Waals surface area contributed by atoms with Gasteiger partial charge in [-0.25, -0.2) is 0 Å². The molecule has 1 aromatic carbocycles. The van der Waals surface area contributed by atoms with Crippen LogP contribution >= 0.6 is 11.3 Å². The predicted molar refractivity (Wildman–Crippen MR) is 124 cm³/mol. The standard InChI is InChI=1S/C24H32N4O2S/c1-16(2)26-23(30)24(10-11-28(15-24)22(29)20-14-25-27-17(20)3)13-18-6-8-19(9-7-18)21-5-4-12-31-21/h4-9,12,16-17,20,25,27H,10-11,13-15H2,1-3H3,(H,26,30). The number of carbonyl (C=O) groups is 2. The van der Waals surface area contributed by atoms with E-state index in [-0.39, 0.29) is 29.8 Å². The third-order valence-electron chi connectivity index (χ3n) is 6.44. The summed E-state index contributed by atoms with van der Waals surface area (Å²) in [6, 6.07) is 12.8. The van der Waals surface area contributed by atoms with Crippen LogP contribution in [0, 0.1) is 11.3 Å². The number of carbonyl (C=O) groups excluding carboxylic acids is 2. The highest BCUT2D eigenvalue weighted by atomic mass is 32.1. The zero-order valence-electron chi connectivity index (χ0n) is 18.5. The molecule has 3 heterocycles. The van der Waals surface area contributed by atoms with Gasteiger partial charge < -0.3 is 10.2 Å². The molecule has 2 aromatic rings. The second kappa shape index (κ2) is 9.10. The summed E-state index contributed by atoms with van der Waals surface area (Å²) in [5.74, 6) is 0.0992. The number of rotatable bonds is 6. The minimum atomic E-state index is -0.590. The van der Waals surface area contributed by atoms with Crippen molar-refractivity contribution in [3.63, 3.8) is 0 Å². The predicted octanol–water partition coefficient (Wildman–Crippen LogP) is 2.81. The average molecular weight is 441 g/mol. The quantitative estimate of drug-likeness (QED) is 0.646. The van der Waals surface area contributed by atoms with Crippen molar-refractivity contribution in [2.45, 2.75) is 45.7 Å². The molecule has 0 saturated carbocycles. The second-order valence-electron chi connectivity index (χ2n) is 9.19. The van der Waals surface area contributed by atoms with E-state index in [2.05, 4.69) is 57.9 Å². The highest BCUT2D eigenvalue weighted by molar-refractivity contribution is 7.13. The second-order valence-corrected chi connectivity index (χ2v) is 10.1. The smallest absolute Gasteiger partial charge is 0.228 e. The summed E-state index contributed by atoms with van der Waals surface area (Å²) >= 11 is 1.72. The van der Waals surface area contributed by atoms with E-state index in [0.29, 0.717) is 32.5 Å². The molecule has 2 aliphatic rings. The molecule has 3 atom stereocenters. The van der Waals surface area contributed by atoms with Gasteiger partial charge in [0.25, 0.3) is 0 Å². The summed E-state index contributed by atoms with van der Waals surface area (Å²) in [6.07, 6.45) is 1.32. The zero-order chi connectivity index (χ0) is 22.0. The van der Waals surface area contributed by atoms with E-state index in [1.54, 1.807) is 11.3 Å². The number of likely N-dealkylation sites (tertiary alicyclic amines) is 1. The van der Waals surface area contributed by atoms with Gasteiger partial charge in [0, 0.05) is 36.6 Å². The van der Waals surface area contributed by atoms with Gasteiger partial charge >= 0.3 is 0 Å². The zero-order valence-corrected chi connectivity index (χ0v) is 19.3. The Labute approximate surface area is 188 Å². The van der Waals surface area contributed by atoms with Crippen molar-refractivity contribution < 1.29 is 9.59 Å². The summed E-state index contributed by atoms with van der Waals surface area (Å²) < 4.78 is 0. The van der Waals surface area contributed by atoms with Gasteiger partial charge in [-0.05, 0) is 56.2 Å². The van der Waals surface area contributed by atoms with E-state index in [0.717, 1.165) is 5.56 Å². The van der Waals surface area contributed by atoms with E-state index in [4.69, 9.17) is 0 Å². The Bertz CT molecular complexity index is 912. The minimum absolute atomic E-state index is 0.0517. The van der Waals surface area contributed by atoms with E-state index < -0.39 is 5.41 Å². The number of hydrazine groups is 1. The molecule has 3 N–H and O–H groups in total. The number of benzene rings is 1. The van der Waals surface area contributed by atoms with Gasteiger partial charge in [0.1, 0.15) is 0 Å². The first kappa shape index (κ1) is 22.0. The number of nitrogens with one attached hydrogen (secondary N) is 3. The van der Waals surface area contributed by atoms with Gasteiger partial charge in [-0.3, -0.25) is 20.4 Å². The number of hydrogen-bond donors (Lipinski definition) is 3. The van der Waals surface area contributed by atoms with E-state index in [1.165, 1.54) is 10.4 Å². The molecule has 2 fully saturated rings. The van der Waals surface area contributed by atoms with Crippen LogP contribution in [0.2, 0.25) is 0 Å². The maximum absolute atomic E-state index is 13.3. The number of thiophene rings is 1. The highest BCUT2D eigenvalue weighted by Crippen LogP contribution is 2.36. The Morgan fingerprint density at radius 3 is 2.65 bits per heavy atom. The fourth-order valence-corrected chi connectivity index (χ4v) is 5.38. The van der Waals surface area contributed by atoms with Gasteiger partial charge in [-0.15, -0.1) is 11.3 Å². The number of hydrogen-bond acceptors (Lipinski definition) is 5. The van der Waals surface area contributed by atoms with Crippen LogP contribution in [0.5, 0.6) is 0 Å². The van der Waals surface area contributed by atoms with Crippen LogP contribution < -0.4 is 16.2 Å². The summed E-state index contributed by atoms with van der Waals surface area (Å²) in [4.78, 5) is 29.6. The molecule has 6 nitrogen and oxygen atoms in total. The largest absolute Gasteiger partial charge is 0.353 e. The number of amides is 2. The Morgan fingerprint density at radius 2 is 2.03 bits per heavy atom. The SMILES string of the molecule is CC(C)NC(=O)C1(Cc2ccc(-c3cccs3)cc2)CCN(C(=O)C2CNNC2C)C1. The molecule has 4 rings (SSSR count). The van der Waals surface area contributed by atoms with Crippen LogP contribution in [0.25, 0.3) is 10.4 Å². The average Bonchev–Trinajstić information content (AvgIpc) is 3.49. The fraction of sp³-hybridized carbons (Fsp3) is 0.500. The monoisotopic (exact) mass is 440 g/mol. The van der Waals surface area contributed by atoms with E-state index >= 15 is 0 Å². The molecule has 2 aliphatic heterocycles. The molecule has 31 heavy (non-hydrogen) atoms. The van der Waals surface area contributed by atoms with Crippen LogP contribution in [-0.4, -0.2) is 48.4 Å². The summed E-state index contributed by atoms with van der Waals surface area (Å²) in [6.45, 7) is 7.72. The minimum Gasteiger partial charge on any atom is -0.353 e. The summed E-state index contributed by atoms with van der Waals surface area (Å²) in [5, 5.41) is 5.20. The third-order valence-corrected chi connectivity index (χ3v) is 7.36. The lowest BCUT2D eigenvalue weighted by Gasteiger charge is -2.30. The van der Waals surface area contributed by atoms with Crippen LogP contribution in [0.4, 0.5) is 0 Å². The molecule has 0 spiro atoms. The van der Waals surface area contributed by atoms with Gasteiger partial charge in [-0.2, -0.15) is 0 Å². The Kier molecular flexibility index (Phi) is 6.46. The van der Waals surface area contributed by atoms with Crippen LogP contribution in [0.1, 0.15) is 32.8 Å². The maximum atomic E-state index is 13.3. The molecule has 0 bridgehead atoms. The topological polar surface area (TPSA) is 73.5 Å². The van der Waals surface area contributed by atoms with Crippen LogP contribution in [0.15, 0.2) is 41.8 Å². The van der Waals surface area contributed by atoms with Gasteiger partial charge in [-0.1, -0.05) is 30.3 Å². The molecule has 166 valence electrons. The molecule has 0 radical (unpaired) electrons. The Morgan fingerprint density at radius 1 is 1.26 bits per heavy atom. The Hall–Kier alpha value is -2.22. The molecule has 2 saturated heterocycles. The summed E-state index contributed by atoms with van der Waals surface area (Å²) in [5.41, 5.74) is 7.93. The van der Waals surface area contributed by atoms with Gasteiger partial charge in [0.15, 0.2) is 0 Å². The lowest BCUT2D eigenvalue weighted by atomic mass is 9.79. The molecule has 2 amide bonds. The van der Waals surface area contributed by atoms with Crippen molar-refractivity contribution in [3.05, 3.63) is 47.3 Å². The van der Waals surface area contributed by atoms with Crippen molar-refractivity contribution in [3.8, 4) is 10.4 Å². The van der Waals surface area contributed by atoms with E-state index in [1.807, 2.05) is 25.7 Å². The van der Waals surface area contributed by atoms with Crippen molar-refractivity contribution in [2.75, 3.05) is 19.6 Å². The van der Waals surface area contributed by atoms with Crippen molar-refractivity contribution in [2.24, 2.45) is 11.3 Å². The molecule has 7 heteroatoms. The first-order valence-corrected chi connectivity index (χ1v) is 12.0. The first-order chi connectivity index (χ1) is 14.9. The normalized spacial score (nSPS) is 25.9. The summed E-state index contributed by atoms with van der Waals surface area (Å²) in [7, 11) is 0. The molecule has 1 aromatic heterocycles. The molecule has 0 aliphatic carbocycles. The fourth-order valence-electron chi connectivity index (χ4n) is 4.65. The highest BCUT2D eigenvalue weighted by Gasteiger charge is 2.47. The van der Waals surface area contributed by atoms with Crippen molar-refractivity contribution >= 4 is 23.2 Å². The third kappa shape index (κ3) is 4.68. The molecular formula is C24H32N4O2S. The van der Waals surface area contributed by atoms with Crippen LogP contribution in [0.3, 0.4) is 0 Å².